The van der Waals surface area contributed by atoms with Crippen LogP contribution >= 0.6 is 0 Å². The van der Waals surface area contributed by atoms with E-state index in [0.29, 0.717) is 13.0 Å². The zero-order valence-corrected chi connectivity index (χ0v) is 15.9. The molecule has 3 rings (SSSR count). The van der Waals surface area contributed by atoms with E-state index in [-0.39, 0.29) is 28.7 Å². The molecule has 1 N–H and O–H groups in total. The first-order valence-electron chi connectivity index (χ1n) is 8.53. The Kier molecular flexibility index (Phi) is 5.18. The average Bonchev–Trinajstić information content (AvgIpc) is 3.05. The van der Waals surface area contributed by atoms with E-state index in [2.05, 4.69) is 4.72 Å². The highest BCUT2D eigenvalue weighted by atomic mass is 32.2. The highest BCUT2D eigenvalue weighted by Crippen LogP contribution is 2.31. The number of esters is 1. The van der Waals surface area contributed by atoms with Crippen molar-refractivity contribution in [2.24, 2.45) is 0 Å². The molecular weight excluding hydrogens is 368 g/mol. The van der Waals surface area contributed by atoms with Crippen molar-refractivity contribution in [1.82, 2.24) is 0 Å². The van der Waals surface area contributed by atoms with Gasteiger partial charge in [0.25, 0.3) is 10.0 Å². The Labute approximate surface area is 158 Å². The van der Waals surface area contributed by atoms with Gasteiger partial charge in [-0.2, -0.15) is 0 Å². The molecule has 0 unspecified atom stereocenters. The third-order valence-corrected chi connectivity index (χ3v) is 5.67. The molecule has 0 saturated carbocycles. The Morgan fingerprint density at radius 2 is 1.93 bits per heavy atom. The summed E-state index contributed by atoms with van der Waals surface area (Å²) >= 11 is 0. The SMILES string of the molecule is CCOC(=O)c1ccccc1NS(=O)(=O)c1ccc2c(c1)CCN2C(C)=O. The summed E-state index contributed by atoms with van der Waals surface area (Å²) in [5.74, 6) is -0.673. The number of anilines is 2. The van der Waals surface area contributed by atoms with Gasteiger partial charge in [-0.25, -0.2) is 13.2 Å². The van der Waals surface area contributed by atoms with Crippen LogP contribution in [0.15, 0.2) is 47.4 Å². The summed E-state index contributed by atoms with van der Waals surface area (Å²) in [6, 6.07) is 10.9. The zero-order valence-electron chi connectivity index (χ0n) is 15.1. The lowest BCUT2D eigenvalue weighted by atomic mass is 10.2. The second-order valence-electron chi connectivity index (χ2n) is 6.08. The Morgan fingerprint density at radius 1 is 1.19 bits per heavy atom. The average molecular weight is 388 g/mol. The van der Waals surface area contributed by atoms with E-state index in [9.17, 15) is 18.0 Å². The van der Waals surface area contributed by atoms with Crippen LogP contribution in [0.3, 0.4) is 0 Å². The van der Waals surface area contributed by atoms with Crippen molar-refractivity contribution in [1.29, 1.82) is 0 Å². The molecule has 1 aliphatic heterocycles. The Morgan fingerprint density at radius 3 is 2.63 bits per heavy atom. The predicted molar refractivity (Wildman–Crippen MR) is 101 cm³/mol. The van der Waals surface area contributed by atoms with Crippen LogP contribution in [0, 0.1) is 0 Å². The molecule has 0 spiro atoms. The van der Waals surface area contributed by atoms with Gasteiger partial charge in [-0.05, 0) is 49.2 Å². The molecule has 0 aliphatic carbocycles. The Balaban J connectivity index is 1.91. The summed E-state index contributed by atoms with van der Waals surface area (Å²) in [5, 5.41) is 0. The van der Waals surface area contributed by atoms with Crippen molar-refractivity contribution in [3.63, 3.8) is 0 Å². The van der Waals surface area contributed by atoms with E-state index in [0.717, 1.165) is 11.3 Å². The fourth-order valence-electron chi connectivity index (χ4n) is 3.04. The molecule has 1 aliphatic rings. The molecule has 0 saturated heterocycles. The van der Waals surface area contributed by atoms with Crippen molar-refractivity contribution >= 4 is 33.3 Å². The molecule has 7 nitrogen and oxygen atoms in total. The molecule has 142 valence electrons. The van der Waals surface area contributed by atoms with Crippen molar-refractivity contribution in [3.8, 4) is 0 Å². The lowest BCUT2D eigenvalue weighted by Crippen LogP contribution is -2.25. The lowest BCUT2D eigenvalue weighted by Gasteiger charge is -2.15. The first-order valence-corrected chi connectivity index (χ1v) is 10.0. The fraction of sp³-hybridized carbons (Fsp3) is 0.263. The van der Waals surface area contributed by atoms with Crippen LogP contribution in [-0.2, 0) is 26.0 Å². The van der Waals surface area contributed by atoms with Crippen molar-refractivity contribution in [2.45, 2.75) is 25.2 Å². The summed E-state index contributed by atoms with van der Waals surface area (Å²) in [5.41, 5.74) is 1.83. The van der Waals surface area contributed by atoms with Crippen molar-refractivity contribution in [2.75, 3.05) is 22.8 Å². The number of nitrogens with one attached hydrogen (secondary N) is 1. The summed E-state index contributed by atoms with van der Waals surface area (Å²) in [7, 11) is -3.90. The third kappa shape index (κ3) is 3.80. The summed E-state index contributed by atoms with van der Waals surface area (Å²) < 4.78 is 33.0. The van der Waals surface area contributed by atoms with Gasteiger partial charge in [-0.15, -0.1) is 0 Å². The molecule has 0 radical (unpaired) electrons. The van der Waals surface area contributed by atoms with Crippen LogP contribution in [0.5, 0.6) is 0 Å². The number of hydrogen-bond acceptors (Lipinski definition) is 5. The second kappa shape index (κ2) is 7.40. The van der Waals surface area contributed by atoms with Gasteiger partial charge in [-0.3, -0.25) is 9.52 Å². The van der Waals surface area contributed by atoms with Gasteiger partial charge < -0.3 is 9.64 Å². The maximum atomic E-state index is 12.8. The van der Waals surface area contributed by atoms with Gasteiger partial charge in [0, 0.05) is 19.2 Å². The van der Waals surface area contributed by atoms with Crippen LogP contribution in [0.25, 0.3) is 0 Å². The highest BCUT2D eigenvalue weighted by molar-refractivity contribution is 7.92. The fourth-order valence-corrected chi connectivity index (χ4v) is 4.16. The molecule has 1 heterocycles. The number of sulfonamides is 1. The van der Waals surface area contributed by atoms with Crippen LogP contribution in [-0.4, -0.2) is 33.4 Å². The quantitative estimate of drug-likeness (QED) is 0.795. The molecule has 0 aromatic heterocycles. The largest absolute Gasteiger partial charge is 0.462 e. The van der Waals surface area contributed by atoms with E-state index in [1.807, 2.05) is 0 Å². The monoisotopic (exact) mass is 388 g/mol. The first-order chi connectivity index (χ1) is 12.8. The number of rotatable bonds is 5. The van der Waals surface area contributed by atoms with Gasteiger partial charge >= 0.3 is 5.97 Å². The number of fused-ring (bicyclic) bond motifs is 1. The van der Waals surface area contributed by atoms with Crippen molar-refractivity contribution in [3.05, 3.63) is 53.6 Å². The minimum absolute atomic E-state index is 0.0744. The van der Waals surface area contributed by atoms with E-state index in [4.69, 9.17) is 4.74 Å². The lowest BCUT2D eigenvalue weighted by molar-refractivity contribution is -0.116. The molecule has 27 heavy (non-hydrogen) atoms. The third-order valence-electron chi connectivity index (χ3n) is 4.30. The standard InChI is InChI=1S/C19H20N2O5S/c1-3-26-19(23)16-6-4-5-7-17(16)20-27(24,25)15-8-9-18-14(12-15)10-11-21(18)13(2)22/h4-9,12,20H,3,10-11H2,1-2H3. The maximum absolute atomic E-state index is 12.8. The normalized spacial score (nSPS) is 13.2. The van der Waals surface area contributed by atoms with Gasteiger partial charge in [-0.1, -0.05) is 12.1 Å². The number of amides is 1. The number of nitrogens with zero attached hydrogens (tertiary/aromatic N) is 1. The van der Waals surface area contributed by atoms with Gasteiger partial charge in [0.1, 0.15) is 0 Å². The number of para-hydroxylation sites is 1. The molecule has 1 amide bonds. The highest BCUT2D eigenvalue weighted by Gasteiger charge is 2.25. The van der Waals surface area contributed by atoms with E-state index in [1.165, 1.54) is 25.1 Å². The maximum Gasteiger partial charge on any atom is 0.340 e. The molecule has 0 bridgehead atoms. The molecule has 8 heteroatoms. The topological polar surface area (TPSA) is 92.8 Å². The van der Waals surface area contributed by atoms with Crippen molar-refractivity contribution < 1.29 is 22.7 Å². The number of carbonyl (C=O) groups is 2. The van der Waals surface area contributed by atoms with Crippen LogP contribution in [0.1, 0.15) is 29.8 Å². The summed E-state index contributed by atoms with van der Waals surface area (Å²) in [4.78, 5) is 25.4. The molecular formula is C19H20N2O5S. The first kappa shape index (κ1) is 18.9. The minimum atomic E-state index is -3.90. The minimum Gasteiger partial charge on any atom is -0.462 e. The van der Waals surface area contributed by atoms with Gasteiger partial charge in [0.05, 0.1) is 22.8 Å². The Hall–Kier alpha value is -2.87. The van der Waals surface area contributed by atoms with Crippen LogP contribution in [0.4, 0.5) is 11.4 Å². The predicted octanol–water partition coefficient (Wildman–Crippen LogP) is 2.57. The summed E-state index contributed by atoms with van der Waals surface area (Å²) in [6.07, 6.45) is 0.595. The van der Waals surface area contributed by atoms with E-state index < -0.39 is 16.0 Å². The Bertz CT molecular complexity index is 1000. The van der Waals surface area contributed by atoms with Gasteiger partial charge in [0.2, 0.25) is 5.91 Å². The molecule has 2 aromatic carbocycles. The zero-order chi connectivity index (χ0) is 19.6. The van der Waals surface area contributed by atoms with Crippen LogP contribution in [0.2, 0.25) is 0 Å². The molecule has 2 aromatic rings. The molecule has 0 fully saturated rings. The number of carbonyl (C=O) groups excluding carboxylic acids is 2. The number of benzene rings is 2. The van der Waals surface area contributed by atoms with E-state index in [1.54, 1.807) is 36.1 Å². The second-order valence-corrected chi connectivity index (χ2v) is 7.77. The van der Waals surface area contributed by atoms with Crippen LogP contribution < -0.4 is 9.62 Å². The molecule has 0 atom stereocenters. The number of ether oxygens (including phenoxy) is 1. The smallest absolute Gasteiger partial charge is 0.340 e. The number of hydrogen-bond donors (Lipinski definition) is 1. The van der Waals surface area contributed by atoms with E-state index >= 15 is 0 Å². The summed E-state index contributed by atoms with van der Waals surface area (Å²) in [6.45, 7) is 3.89. The van der Waals surface area contributed by atoms with Gasteiger partial charge in [0.15, 0.2) is 0 Å².